The Morgan fingerprint density at radius 2 is 1.90 bits per heavy atom. The molecule has 0 spiro atoms. The molecule has 0 saturated heterocycles. The van der Waals surface area contributed by atoms with Crippen molar-refractivity contribution in [3.05, 3.63) is 58.4 Å². The van der Waals surface area contributed by atoms with Gasteiger partial charge in [0.2, 0.25) is 0 Å². The lowest BCUT2D eigenvalue weighted by Crippen LogP contribution is -2.14. The van der Waals surface area contributed by atoms with Crippen molar-refractivity contribution in [3.63, 3.8) is 0 Å². The van der Waals surface area contributed by atoms with Gasteiger partial charge in [-0.15, -0.1) is 0 Å². The molecule has 0 amide bonds. The van der Waals surface area contributed by atoms with Crippen LogP contribution in [-0.2, 0) is 6.42 Å². The number of aryl methyl sites for hydroxylation is 1. The molecule has 2 rings (SSSR count). The maximum Gasteiger partial charge on any atom is 0.269 e. The molecule has 2 aromatic rings. The first kappa shape index (κ1) is 14.3. The highest BCUT2D eigenvalue weighted by atomic mass is 16.6. The summed E-state index contributed by atoms with van der Waals surface area (Å²) in [6.07, 6.45) is 4.07. The van der Waals surface area contributed by atoms with Crippen LogP contribution in [0.5, 0.6) is 0 Å². The molecular weight excluding hydrogens is 254 g/mol. The average Bonchev–Trinajstić information content (AvgIpc) is 2.87. The molecule has 0 aliphatic rings. The van der Waals surface area contributed by atoms with E-state index >= 15 is 0 Å². The Hall–Kier alpha value is -2.14. The minimum atomic E-state index is -0.378. The molecule has 1 aromatic heterocycles. The third-order valence-corrected chi connectivity index (χ3v) is 3.21. The molecule has 1 heterocycles. The van der Waals surface area contributed by atoms with Crippen LogP contribution in [0.3, 0.4) is 0 Å². The highest BCUT2D eigenvalue weighted by molar-refractivity contribution is 5.42. The van der Waals surface area contributed by atoms with E-state index in [1.54, 1.807) is 24.3 Å². The first-order valence-corrected chi connectivity index (χ1v) is 6.64. The van der Waals surface area contributed by atoms with Crippen LogP contribution in [-0.4, -0.2) is 35.0 Å². The van der Waals surface area contributed by atoms with Crippen LogP contribution in [0, 0.1) is 10.1 Å². The number of aromatic nitrogens is 1. The van der Waals surface area contributed by atoms with Crippen LogP contribution in [0.15, 0.2) is 42.6 Å². The molecule has 0 unspecified atom stereocenters. The summed E-state index contributed by atoms with van der Waals surface area (Å²) in [5.41, 5.74) is 2.30. The average molecular weight is 273 g/mol. The summed E-state index contributed by atoms with van der Waals surface area (Å²) >= 11 is 0. The van der Waals surface area contributed by atoms with Gasteiger partial charge in [0.25, 0.3) is 5.69 Å². The Balaban J connectivity index is 2.12. The molecule has 5 heteroatoms. The van der Waals surface area contributed by atoms with E-state index in [4.69, 9.17) is 0 Å². The number of rotatable bonds is 6. The van der Waals surface area contributed by atoms with E-state index in [1.165, 1.54) is 5.69 Å². The molecule has 1 aromatic carbocycles. The van der Waals surface area contributed by atoms with E-state index in [0.717, 1.165) is 25.1 Å². The number of non-ortho nitro benzene ring substituents is 1. The summed E-state index contributed by atoms with van der Waals surface area (Å²) in [6.45, 7) is 1.05. The first-order chi connectivity index (χ1) is 9.58. The molecule has 0 atom stereocenters. The smallest absolute Gasteiger partial charge is 0.269 e. The van der Waals surface area contributed by atoms with Crippen molar-refractivity contribution >= 4 is 5.69 Å². The number of hydrogen-bond donors (Lipinski definition) is 0. The van der Waals surface area contributed by atoms with E-state index in [1.807, 2.05) is 12.3 Å². The minimum Gasteiger partial charge on any atom is -0.321 e. The SMILES string of the molecule is CN(C)CCCc1cccn1-c1ccc([N+](=O)[O-])cc1. The molecule has 0 bridgehead atoms. The fourth-order valence-corrected chi connectivity index (χ4v) is 2.18. The van der Waals surface area contributed by atoms with Gasteiger partial charge in [-0.05, 0) is 57.7 Å². The second-order valence-electron chi connectivity index (χ2n) is 5.05. The summed E-state index contributed by atoms with van der Waals surface area (Å²) in [4.78, 5) is 12.5. The number of hydrogen-bond acceptors (Lipinski definition) is 3. The molecule has 106 valence electrons. The number of nitro groups is 1. The predicted molar refractivity (Wildman–Crippen MR) is 79.3 cm³/mol. The molecule has 0 saturated carbocycles. The first-order valence-electron chi connectivity index (χ1n) is 6.64. The maximum absolute atomic E-state index is 10.7. The maximum atomic E-state index is 10.7. The molecule has 0 fully saturated rings. The van der Waals surface area contributed by atoms with E-state index in [9.17, 15) is 10.1 Å². The van der Waals surface area contributed by atoms with Gasteiger partial charge in [-0.3, -0.25) is 10.1 Å². The van der Waals surface area contributed by atoms with Crippen molar-refractivity contribution in [2.24, 2.45) is 0 Å². The lowest BCUT2D eigenvalue weighted by Gasteiger charge is -2.11. The zero-order valence-corrected chi connectivity index (χ0v) is 11.8. The number of benzene rings is 1. The van der Waals surface area contributed by atoms with Gasteiger partial charge in [-0.2, -0.15) is 0 Å². The molecule has 0 aliphatic carbocycles. The van der Waals surface area contributed by atoms with Crippen molar-refractivity contribution in [3.8, 4) is 5.69 Å². The Morgan fingerprint density at radius 1 is 1.20 bits per heavy atom. The molecule has 0 N–H and O–H groups in total. The zero-order valence-electron chi connectivity index (χ0n) is 11.8. The fourth-order valence-electron chi connectivity index (χ4n) is 2.18. The van der Waals surface area contributed by atoms with Crippen LogP contribution >= 0.6 is 0 Å². The summed E-state index contributed by atoms with van der Waals surface area (Å²) in [5.74, 6) is 0. The van der Waals surface area contributed by atoms with Gasteiger partial charge in [-0.25, -0.2) is 0 Å². The summed E-state index contributed by atoms with van der Waals surface area (Å²) in [7, 11) is 4.13. The van der Waals surface area contributed by atoms with E-state index in [-0.39, 0.29) is 10.6 Å². The topological polar surface area (TPSA) is 51.3 Å². The van der Waals surface area contributed by atoms with Crippen molar-refractivity contribution in [1.29, 1.82) is 0 Å². The lowest BCUT2D eigenvalue weighted by atomic mass is 10.2. The number of nitrogens with zero attached hydrogens (tertiary/aromatic N) is 3. The molecule has 0 radical (unpaired) electrons. The van der Waals surface area contributed by atoms with Crippen molar-refractivity contribution in [2.75, 3.05) is 20.6 Å². The third-order valence-electron chi connectivity index (χ3n) is 3.21. The normalized spacial score (nSPS) is 10.9. The lowest BCUT2D eigenvalue weighted by molar-refractivity contribution is -0.384. The Bertz CT molecular complexity index is 573. The highest BCUT2D eigenvalue weighted by Crippen LogP contribution is 2.18. The largest absolute Gasteiger partial charge is 0.321 e. The quantitative estimate of drug-likeness (QED) is 0.600. The number of nitro benzene ring substituents is 1. The second-order valence-corrected chi connectivity index (χ2v) is 5.05. The molecule has 20 heavy (non-hydrogen) atoms. The zero-order chi connectivity index (χ0) is 14.5. The summed E-state index contributed by atoms with van der Waals surface area (Å²) in [6, 6.07) is 10.8. The van der Waals surface area contributed by atoms with Crippen LogP contribution in [0.25, 0.3) is 5.69 Å². The molecule has 5 nitrogen and oxygen atoms in total. The predicted octanol–water partition coefficient (Wildman–Crippen LogP) is 2.88. The standard InChI is InChI=1S/C15H19N3O2/c1-16(2)11-3-5-13-6-4-12-17(13)14-7-9-15(10-8-14)18(19)20/h4,6-10,12H,3,5,11H2,1-2H3. The van der Waals surface area contributed by atoms with Gasteiger partial charge in [0.15, 0.2) is 0 Å². The van der Waals surface area contributed by atoms with E-state index in [0.29, 0.717) is 0 Å². The summed E-state index contributed by atoms with van der Waals surface area (Å²) < 4.78 is 2.08. The molecular formula is C15H19N3O2. The molecule has 0 aliphatic heterocycles. The van der Waals surface area contributed by atoms with E-state index in [2.05, 4.69) is 29.6 Å². The van der Waals surface area contributed by atoms with Gasteiger partial charge in [-0.1, -0.05) is 0 Å². The van der Waals surface area contributed by atoms with Crippen LogP contribution in [0.4, 0.5) is 5.69 Å². The van der Waals surface area contributed by atoms with Crippen molar-refractivity contribution in [2.45, 2.75) is 12.8 Å². The van der Waals surface area contributed by atoms with E-state index < -0.39 is 0 Å². The van der Waals surface area contributed by atoms with Crippen LogP contribution < -0.4 is 0 Å². The third kappa shape index (κ3) is 3.45. The Kier molecular flexibility index (Phi) is 4.53. The van der Waals surface area contributed by atoms with Gasteiger partial charge < -0.3 is 9.47 Å². The second kappa shape index (κ2) is 6.34. The monoisotopic (exact) mass is 273 g/mol. The Morgan fingerprint density at radius 3 is 2.50 bits per heavy atom. The van der Waals surface area contributed by atoms with Gasteiger partial charge in [0, 0.05) is 29.7 Å². The Labute approximate surface area is 118 Å². The van der Waals surface area contributed by atoms with Gasteiger partial charge in [0.1, 0.15) is 0 Å². The van der Waals surface area contributed by atoms with Crippen molar-refractivity contribution in [1.82, 2.24) is 9.47 Å². The van der Waals surface area contributed by atoms with Gasteiger partial charge >= 0.3 is 0 Å². The van der Waals surface area contributed by atoms with Crippen LogP contribution in [0.1, 0.15) is 12.1 Å². The van der Waals surface area contributed by atoms with Crippen molar-refractivity contribution < 1.29 is 4.92 Å². The van der Waals surface area contributed by atoms with Gasteiger partial charge in [0.05, 0.1) is 4.92 Å². The summed E-state index contributed by atoms with van der Waals surface area (Å²) in [5, 5.41) is 10.7. The minimum absolute atomic E-state index is 0.120. The fraction of sp³-hybridized carbons (Fsp3) is 0.333. The van der Waals surface area contributed by atoms with Crippen LogP contribution in [0.2, 0.25) is 0 Å². The highest BCUT2D eigenvalue weighted by Gasteiger charge is 2.07.